The number of carbonyl (C=O) groups is 1. The molecule has 1 amide bonds. The van der Waals surface area contributed by atoms with Gasteiger partial charge < -0.3 is 10.6 Å². The number of alkyl halides is 3. The monoisotopic (exact) mass is 307 g/mol. The molecule has 122 valence electrons. The van der Waals surface area contributed by atoms with Crippen LogP contribution in [0, 0.1) is 5.92 Å². The lowest BCUT2D eigenvalue weighted by molar-refractivity contribution is -0.143. The molecule has 2 rings (SSSR count). The standard InChI is InChI=1S/C14H24F3N3O/c1-2-13(5-3-6-19-13)12(21)18-8-11-4-7-20(9-11)10-14(15,16)17/h11,19H,2-10H2,1H3,(H,18,21). The third kappa shape index (κ3) is 4.32. The molecule has 0 aromatic rings. The van der Waals surface area contributed by atoms with Crippen LogP contribution in [-0.2, 0) is 4.79 Å². The van der Waals surface area contributed by atoms with Crippen molar-refractivity contribution in [2.24, 2.45) is 5.92 Å². The van der Waals surface area contributed by atoms with Gasteiger partial charge in [0.15, 0.2) is 0 Å². The highest BCUT2D eigenvalue weighted by molar-refractivity contribution is 5.86. The molecule has 2 N–H and O–H groups in total. The van der Waals surface area contributed by atoms with E-state index >= 15 is 0 Å². The van der Waals surface area contributed by atoms with Crippen molar-refractivity contribution in [1.82, 2.24) is 15.5 Å². The molecule has 0 aromatic heterocycles. The van der Waals surface area contributed by atoms with Crippen LogP contribution in [0.15, 0.2) is 0 Å². The first-order valence-corrected chi connectivity index (χ1v) is 7.67. The lowest BCUT2D eigenvalue weighted by Gasteiger charge is -2.27. The molecule has 2 aliphatic rings. The van der Waals surface area contributed by atoms with E-state index in [2.05, 4.69) is 10.6 Å². The second-order valence-electron chi connectivity index (χ2n) is 6.18. The summed E-state index contributed by atoms with van der Waals surface area (Å²) >= 11 is 0. The number of hydrogen-bond acceptors (Lipinski definition) is 3. The summed E-state index contributed by atoms with van der Waals surface area (Å²) in [5.41, 5.74) is -0.468. The van der Waals surface area contributed by atoms with Crippen molar-refractivity contribution in [3.8, 4) is 0 Å². The molecule has 2 aliphatic heterocycles. The predicted octanol–water partition coefficient (Wildman–Crippen LogP) is 1.52. The Morgan fingerprint density at radius 2 is 2.24 bits per heavy atom. The molecular weight excluding hydrogens is 283 g/mol. The first-order valence-electron chi connectivity index (χ1n) is 7.67. The van der Waals surface area contributed by atoms with Crippen LogP contribution in [0.4, 0.5) is 13.2 Å². The zero-order valence-corrected chi connectivity index (χ0v) is 12.4. The van der Waals surface area contributed by atoms with Crippen molar-refractivity contribution >= 4 is 5.91 Å². The normalized spacial score (nSPS) is 30.8. The van der Waals surface area contributed by atoms with Crippen LogP contribution in [0.1, 0.15) is 32.6 Å². The number of likely N-dealkylation sites (tertiary alicyclic amines) is 1. The Morgan fingerprint density at radius 1 is 1.48 bits per heavy atom. The quantitative estimate of drug-likeness (QED) is 0.809. The number of hydrogen-bond donors (Lipinski definition) is 2. The molecule has 2 atom stereocenters. The van der Waals surface area contributed by atoms with Crippen LogP contribution >= 0.6 is 0 Å². The van der Waals surface area contributed by atoms with Crippen LogP contribution in [0.25, 0.3) is 0 Å². The lowest BCUT2D eigenvalue weighted by atomic mass is 9.93. The third-order valence-corrected chi connectivity index (χ3v) is 4.61. The number of nitrogens with one attached hydrogen (secondary N) is 2. The third-order valence-electron chi connectivity index (χ3n) is 4.61. The van der Waals surface area contributed by atoms with Crippen molar-refractivity contribution in [1.29, 1.82) is 0 Å². The van der Waals surface area contributed by atoms with Gasteiger partial charge in [0.05, 0.1) is 12.1 Å². The highest BCUT2D eigenvalue weighted by Gasteiger charge is 2.39. The van der Waals surface area contributed by atoms with E-state index in [0.717, 1.165) is 25.8 Å². The first-order chi connectivity index (χ1) is 9.85. The summed E-state index contributed by atoms with van der Waals surface area (Å²) in [5, 5.41) is 6.20. The van der Waals surface area contributed by atoms with Crippen molar-refractivity contribution in [3.05, 3.63) is 0 Å². The molecular formula is C14H24F3N3O. The summed E-state index contributed by atoms with van der Waals surface area (Å²) in [6.45, 7) is 3.32. The van der Waals surface area contributed by atoms with Gasteiger partial charge in [0.1, 0.15) is 0 Å². The van der Waals surface area contributed by atoms with Crippen molar-refractivity contribution < 1.29 is 18.0 Å². The molecule has 0 radical (unpaired) electrons. The van der Waals surface area contributed by atoms with E-state index < -0.39 is 18.3 Å². The van der Waals surface area contributed by atoms with Gasteiger partial charge >= 0.3 is 6.18 Å². The van der Waals surface area contributed by atoms with Gasteiger partial charge in [-0.3, -0.25) is 9.69 Å². The number of rotatable bonds is 5. The predicted molar refractivity (Wildman–Crippen MR) is 73.9 cm³/mol. The van der Waals surface area contributed by atoms with Crippen molar-refractivity contribution in [2.45, 2.75) is 44.3 Å². The Morgan fingerprint density at radius 3 is 2.81 bits per heavy atom. The summed E-state index contributed by atoms with van der Waals surface area (Å²) in [6, 6.07) is 0. The SMILES string of the molecule is CCC1(C(=O)NCC2CCN(CC(F)(F)F)C2)CCCN1. The molecule has 4 nitrogen and oxygen atoms in total. The molecule has 0 bridgehead atoms. The fourth-order valence-electron chi connectivity index (χ4n) is 3.35. The summed E-state index contributed by atoms with van der Waals surface area (Å²) in [6.07, 6.45) is -0.866. The highest BCUT2D eigenvalue weighted by Crippen LogP contribution is 2.24. The fraction of sp³-hybridized carbons (Fsp3) is 0.929. The average molecular weight is 307 g/mol. The molecule has 2 fully saturated rings. The van der Waals surface area contributed by atoms with Gasteiger partial charge in [-0.25, -0.2) is 0 Å². The minimum absolute atomic E-state index is 0.00299. The maximum atomic E-state index is 12.3. The minimum atomic E-state index is -4.14. The van der Waals surface area contributed by atoms with Gasteiger partial charge in [0, 0.05) is 13.1 Å². The number of halogens is 3. The van der Waals surface area contributed by atoms with Gasteiger partial charge in [-0.05, 0) is 44.7 Å². The Labute approximate surface area is 123 Å². The second kappa shape index (κ2) is 6.52. The van der Waals surface area contributed by atoms with E-state index in [1.54, 1.807) is 0 Å². The smallest absolute Gasteiger partial charge is 0.354 e. The van der Waals surface area contributed by atoms with Crippen LogP contribution in [0.3, 0.4) is 0 Å². The fourth-order valence-corrected chi connectivity index (χ4v) is 3.35. The molecule has 0 aromatic carbocycles. The van der Waals surface area contributed by atoms with E-state index in [9.17, 15) is 18.0 Å². The number of amides is 1. The summed E-state index contributed by atoms with van der Waals surface area (Å²) in [7, 11) is 0. The van der Waals surface area contributed by atoms with Crippen LogP contribution in [0.2, 0.25) is 0 Å². The van der Waals surface area contributed by atoms with E-state index in [4.69, 9.17) is 0 Å². The van der Waals surface area contributed by atoms with E-state index in [1.165, 1.54) is 4.90 Å². The molecule has 0 saturated carbocycles. The zero-order chi connectivity index (χ0) is 15.5. The van der Waals surface area contributed by atoms with Gasteiger partial charge in [0.25, 0.3) is 0 Å². The Bertz CT molecular complexity index is 367. The average Bonchev–Trinajstić information content (AvgIpc) is 3.03. The maximum Gasteiger partial charge on any atom is 0.401 e. The molecule has 21 heavy (non-hydrogen) atoms. The Kier molecular flexibility index (Phi) is 5.14. The van der Waals surface area contributed by atoms with Crippen LogP contribution < -0.4 is 10.6 Å². The minimum Gasteiger partial charge on any atom is -0.354 e. The van der Waals surface area contributed by atoms with Gasteiger partial charge in [0.2, 0.25) is 5.91 Å². The van der Waals surface area contributed by atoms with E-state index in [1.807, 2.05) is 6.92 Å². The topological polar surface area (TPSA) is 44.4 Å². The van der Waals surface area contributed by atoms with Gasteiger partial charge in [-0.15, -0.1) is 0 Å². The highest BCUT2D eigenvalue weighted by atomic mass is 19.4. The second-order valence-corrected chi connectivity index (χ2v) is 6.18. The number of nitrogens with zero attached hydrogens (tertiary/aromatic N) is 1. The maximum absolute atomic E-state index is 12.3. The molecule has 2 unspecified atom stereocenters. The molecule has 0 aliphatic carbocycles. The molecule has 2 heterocycles. The summed E-state index contributed by atoms with van der Waals surface area (Å²) < 4.78 is 37.0. The van der Waals surface area contributed by atoms with Gasteiger partial charge in [-0.1, -0.05) is 6.92 Å². The van der Waals surface area contributed by atoms with Gasteiger partial charge in [-0.2, -0.15) is 13.2 Å². The first kappa shape index (κ1) is 16.5. The Hall–Kier alpha value is -0.820. The molecule has 2 saturated heterocycles. The Balaban J connectivity index is 1.75. The zero-order valence-electron chi connectivity index (χ0n) is 12.4. The van der Waals surface area contributed by atoms with E-state index in [0.29, 0.717) is 26.1 Å². The van der Waals surface area contributed by atoms with Crippen molar-refractivity contribution in [2.75, 3.05) is 32.7 Å². The summed E-state index contributed by atoms with van der Waals surface area (Å²) in [5.74, 6) is 0.114. The lowest BCUT2D eigenvalue weighted by Crippen LogP contribution is -2.53. The van der Waals surface area contributed by atoms with Crippen LogP contribution in [0.5, 0.6) is 0 Å². The van der Waals surface area contributed by atoms with Crippen LogP contribution in [-0.4, -0.2) is 55.2 Å². The molecule has 7 heteroatoms. The van der Waals surface area contributed by atoms with E-state index in [-0.39, 0.29) is 11.8 Å². The molecule has 0 spiro atoms. The van der Waals surface area contributed by atoms with Crippen molar-refractivity contribution in [3.63, 3.8) is 0 Å². The number of carbonyl (C=O) groups excluding carboxylic acids is 1. The summed E-state index contributed by atoms with van der Waals surface area (Å²) in [4.78, 5) is 13.7. The largest absolute Gasteiger partial charge is 0.401 e.